The van der Waals surface area contributed by atoms with E-state index < -0.39 is 18.0 Å². The molecule has 104 valence electrons. The second-order valence-corrected chi connectivity index (χ2v) is 4.89. The van der Waals surface area contributed by atoms with Gasteiger partial charge in [0.1, 0.15) is 11.8 Å². The number of carbonyl (C=O) groups is 2. The molecule has 0 radical (unpaired) electrons. The molecule has 0 amide bonds. The molecule has 0 aromatic heterocycles. The number of aliphatic carboxylic acids is 2. The predicted molar refractivity (Wildman–Crippen MR) is 70.9 cm³/mol. The van der Waals surface area contributed by atoms with Crippen molar-refractivity contribution in [3.05, 3.63) is 28.2 Å². The van der Waals surface area contributed by atoms with Crippen molar-refractivity contribution in [2.24, 2.45) is 0 Å². The fourth-order valence-electron chi connectivity index (χ4n) is 1.51. The van der Waals surface area contributed by atoms with Crippen LogP contribution in [0.5, 0.6) is 5.75 Å². The number of rotatable bonds is 7. The minimum atomic E-state index is -1.12. The van der Waals surface area contributed by atoms with Gasteiger partial charge in [0.2, 0.25) is 0 Å². The number of nitrogens with one attached hydrogen (secondary N) is 1. The van der Waals surface area contributed by atoms with Crippen LogP contribution in [0.4, 0.5) is 0 Å². The summed E-state index contributed by atoms with van der Waals surface area (Å²) in [6, 6.07) is 3.86. The molecule has 0 aliphatic heterocycles. The first kappa shape index (κ1) is 15.5. The quantitative estimate of drug-likeness (QED) is 0.604. The first-order chi connectivity index (χ1) is 8.90. The normalized spacial score (nSPS) is 12.1. The van der Waals surface area contributed by atoms with Crippen molar-refractivity contribution in [1.29, 1.82) is 0 Å². The molecule has 1 aromatic rings. The van der Waals surface area contributed by atoms with Gasteiger partial charge in [-0.3, -0.25) is 9.59 Å². The number of carboxylic acids is 2. The van der Waals surface area contributed by atoms with Gasteiger partial charge in [0.15, 0.2) is 0 Å². The van der Waals surface area contributed by atoms with Gasteiger partial charge in [-0.1, -0.05) is 15.9 Å². The van der Waals surface area contributed by atoms with E-state index in [2.05, 4.69) is 21.2 Å². The Hall–Kier alpha value is -1.60. The summed E-state index contributed by atoms with van der Waals surface area (Å²) in [7, 11) is 0. The van der Waals surface area contributed by atoms with E-state index in [1.807, 2.05) is 0 Å². The highest BCUT2D eigenvalue weighted by Crippen LogP contribution is 2.21. The second kappa shape index (κ2) is 7.10. The third kappa shape index (κ3) is 5.27. The van der Waals surface area contributed by atoms with Crippen LogP contribution in [0.15, 0.2) is 22.7 Å². The molecule has 19 heavy (non-hydrogen) atoms. The summed E-state index contributed by atoms with van der Waals surface area (Å²) in [6.45, 7) is 0.141. The van der Waals surface area contributed by atoms with Crippen LogP contribution in [0.2, 0.25) is 0 Å². The Labute approximate surface area is 118 Å². The highest BCUT2D eigenvalue weighted by molar-refractivity contribution is 9.10. The van der Waals surface area contributed by atoms with Gasteiger partial charge < -0.3 is 20.6 Å². The molecular formula is C12H14BrNO5. The van der Waals surface area contributed by atoms with Gasteiger partial charge in [-0.25, -0.2) is 0 Å². The van der Waals surface area contributed by atoms with Gasteiger partial charge in [0.25, 0.3) is 0 Å². The number of carboxylic acid groups (broad SMARTS) is 2. The van der Waals surface area contributed by atoms with Crippen LogP contribution >= 0.6 is 15.9 Å². The SMILES string of the molecule is O=C(O)CC[C@H](NCc1cc(Br)ccc1O)C(=O)O. The van der Waals surface area contributed by atoms with Crippen LogP contribution in [0.3, 0.4) is 0 Å². The number of hydrogen-bond donors (Lipinski definition) is 4. The maximum Gasteiger partial charge on any atom is 0.320 e. The summed E-state index contributed by atoms with van der Waals surface area (Å²) in [5.41, 5.74) is 0.538. The molecule has 0 aliphatic carbocycles. The van der Waals surface area contributed by atoms with E-state index in [4.69, 9.17) is 10.2 Å². The number of hydrogen-bond acceptors (Lipinski definition) is 4. The monoisotopic (exact) mass is 331 g/mol. The lowest BCUT2D eigenvalue weighted by Crippen LogP contribution is -2.36. The highest BCUT2D eigenvalue weighted by Gasteiger charge is 2.18. The van der Waals surface area contributed by atoms with E-state index in [1.165, 1.54) is 6.07 Å². The topological polar surface area (TPSA) is 107 Å². The fourth-order valence-corrected chi connectivity index (χ4v) is 1.92. The molecule has 1 rings (SSSR count). The molecule has 7 heteroatoms. The minimum absolute atomic E-state index is 0.0145. The number of benzene rings is 1. The van der Waals surface area contributed by atoms with E-state index in [9.17, 15) is 14.7 Å². The molecule has 0 bridgehead atoms. The summed E-state index contributed by atoms with van der Waals surface area (Å²) in [5.74, 6) is -2.10. The molecule has 4 N–H and O–H groups in total. The van der Waals surface area contributed by atoms with E-state index in [0.717, 1.165) is 4.47 Å². The Kier molecular flexibility index (Phi) is 5.78. The summed E-state index contributed by atoms with van der Waals surface area (Å²) in [6.07, 6.45) is -0.242. The van der Waals surface area contributed by atoms with Gasteiger partial charge in [0.05, 0.1) is 0 Å². The number of halogens is 1. The molecule has 0 unspecified atom stereocenters. The van der Waals surface area contributed by atoms with Crippen LogP contribution in [0, 0.1) is 0 Å². The zero-order chi connectivity index (χ0) is 14.4. The van der Waals surface area contributed by atoms with Gasteiger partial charge in [-0.15, -0.1) is 0 Å². The Balaban J connectivity index is 2.63. The lowest BCUT2D eigenvalue weighted by Gasteiger charge is -2.14. The lowest BCUT2D eigenvalue weighted by atomic mass is 10.1. The summed E-state index contributed by atoms with van der Waals surface area (Å²) < 4.78 is 0.763. The van der Waals surface area contributed by atoms with E-state index in [0.29, 0.717) is 5.56 Å². The zero-order valence-corrected chi connectivity index (χ0v) is 11.6. The molecule has 0 aliphatic rings. The molecule has 0 fully saturated rings. The van der Waals surface area contributed by atoms with E-state index in [-0.39, 0.29) is 25.1 Å². The van der Waals surface area contributed by atoms with Gasteiger partial charge in [0, 0.05) is 23.0 Å². The number of phenolic OH excluding ortho intramolecular Hbond substituents is 1. The average Bonchev–Trinajstić information content (AvgIpc) is 2.32. The zero-order valence-electron chi connectivity index (χ0n) is 9.97. The molecule has 0 spiro atoms. The first-order valence-corrected chi connectivity index (χ1v) is 6.35. The molecule has 1 atom stereocenters. The highest BCUT2D eigenvalue weighted by atomic mass is 79.9. The summed E-state index contributed by atoms with van der Waals surface area (Å²) in [4.78, 5) is 21.4. The van der Waals surface area contributed by atoms with Crippen molar-refractivity contribution >= 4 is 27.9 Å². The molecule has 6 nitrogen and oxygen atoms in total. The average molecular weight is 332 g/mol. The molecule has 0 saturated heterocycles. The smallest absolute Gasteiger partial charge is 0.320 e. The van der Waals surface area contributed by atoms with Crippen molar-refractivity contribution in [3.8, 4) is 5.75 Å². The van der Waals surface area contributed by atoms with Crippen molar-refractivity contribution < 1.29 is 24.9 Å². The first-order valence-electron chi connectivity index (χ1n) is 5.55. The van der Waals surface area contributed by atoms with Gasteiger partial charge in [-0.2, -0.15) is 0 Å². The van der Waals surface area contributed by atoms with Gasteiger partial charge in [-0.05, 0) is 24.6 Å². The summed E-state index contributed by atoms with van der Waals surface area (Å²) >= 11 is 3.25. The Morgan fingerprint density at radius 3 is 2.58 bits per heavy atom. The van der Waals surface area contributed by atoms with Crippen LogP contribution in [-0.2, 0) is 16.1 Å². The lowest BCUT2D eigenvalue weighted by molar-refractivity contribution is -0.140. The molecule has 0 heterocycles. The third-order valence-corrected chi connectivity index (χ3v) is 3.02. The Morgan fingerprint density at radius 2 is 2.00 bits per heavy atom. The second-order valence-electron chi connectivity index (χ2n) is 3.98. The maximum absolute atomic E-state index is 11.0. The van der Waals surface area contributed by atoms with Gasteiger partial charge >= 0.3 is 11.9 Å². The Bertz CT molecular complexity index is 477. The molecular weight excluding hydrogens is 318 g/mol. The van der Waals surface area contributed by atoms with Crippen LogP contribution < -0.4 is 5.32 Å². The van der Waals surface area contributed by atoms with E-state index in [1.54, 1.807) is 12.1 Å². The number of phenols is 1. The predicted octanol–water partition coefficient (Wildman–Crippen LogP) is 1.56. The molecule has 1 aromatic carbocycles. The third-order valence-electron chi connectivity index (χ3n) is 2.53. The maximum atomic E-state index is 11.0. The Morgan fingerprint density at radius 1 is 1.32 bits per heavy atom. The van der Waals surface area contributed by atoms with Crippen LogP contribution in [0.25, 0.3) is 0 Å². The van der Waals surface area contributed by atoms with E-state index >= 15 is 0 Å². The van der Waals surface area contributed by atoms with Crippen LogP contribution in [-0.4, -0.2) is 33.3 Å². The van der Waals surface area contributed by atoms with Crippen molar-refractivity contribution in [2.75, 3.05) is 0 Å². The van der Waals surface area contributed by atoms with Crippen molar-refractivity contribution in [3.63, 3.8) is 0 Å². The van der Waals surface area contributed by atoms with Crippen molar-refractivity contribution in [2.45, 2.75) is 25.4 Å². The molecule has 0 saturated carbocycles. The van der Waals surface area contributed by atoms with Crippen LogP contribution in [0.1, 0.15) is 18.4 Å². The van der Waals surface area contributed by atoms with Crippen molar-refractivity contribution in [1.82, 2.24) is 5.32 Å². The summed E-state index contributed by atoms with van der Waals surface area (Å²) in [5, 5.41) is 29.8. The minimum Gasteiger partial charge on any atom is -0.508 e. The standard InChI is InChI=1S/C12H14BrNO5/c13-8-1-3-10(15)7(5-8)6-14-9(12(18)19)2-4-11(16)17/h1,3,5,9,14-15H,2,4,6H2,(H,16,17)(H,18,19)/t9-/m0/s1. The number of aromatic hydroxyl groups is 1. The fraction of sp³-hybridized carbons (Fsp3) is 0.333. The largest absolute Gasteiger partial charge is 0.508 e.